The van der Waals surface area contributed by atoms with E-state index in [4.69, 9.17) is 14.2 Å². The predicted molar refractivity (Wildman–Crippen MR) is 104 cm³/mol. The molecule has 4 heteroatoms. The number of aliphatic hydroxyl groups is 1. The standard InChI is InChI=1S/C22H22O4/c1-14(23)20(17-10-9-15-7-5-6-8-16(15)13-17)18-11-12-19(24-2)22(26-4)21(18)25-3/h5-13,23H,1-4H3/b20-14-. The zero-order chi connectivity index (χ0) is 18.7. The minimum Gasteiger partial charge on any atom is -0.512 e. The molecule has 4 nitrogen and oxygen atoms in total. The molecule has 0 atom stereocenters. The van der Waals surface area contributed by atoms with E-state index in [1.165, 1.54) is 0 Å². The fourth-order valence-electron chi connectivity index (χ4n) is 3.20. The van der Waals surface area contributed by atoms with Crippen LogP contribution in [0.2, 0.25) is 0 Å². The number of benzene rings is 3. The Balaban J connectivity index is 2.25. The number of ether oxygens (including phenoxy) is 3. The third-order valence-corrected chi connectivity index (χ3v) is 4.37. The summed E-state index contributed by atoms with van der Waals surface area (Å²) < 4.78 is 16.4. The first-order valence-corrected chi connectivity index (χ1v) is 8.29. The van der Waals surface area contributed by atoms with Crippen LogP contribution in [-0.4, -0.2) is 26.4 Å². The van der Waals surface area contributed by atoms with E-state index in [1.54, 1.807) is 34.3 Å². The molecule has 0 radical (unpaired) electrons. The van der Waals surface area contributed by atoms with Crippen molar-refractivity contribution in [2.24, 2.45) is 0 Å². The molecular weight excluding hydrogens is 328 g/mol. The first-order valence-electron chi connectivity index (χ1n) is 8.29. The molecule has 0 aliphatic carbocycles. The van der Waals surface area contributed by atoms with Gasteiger partial charge in [-0.25, -0.2) is 0 Å². The Bertz CT molecular complexity index is 969. The van der Waals surface area contributed by atoms with Crippen molar-refractivity contribution < 1.29 is 19.3 Å². The first kappa shape index (κ1) is 17.7. The van der Waals surface area contributed by atoms with Crippen molar-refractivity contribution in [1.29, 1.82) is 0 Å². The Kier molecular flexibility index (Phi) is 5.03. The maximum absolute atomic E-state index is 10.5. The highest BCUT2D eigenvalue weighted by Gasteiger charge is 2.21. The van der Waals surface area contributed by atoms with Crippen molar-refractivity contribution in [2.45, 2.75) is 6.92 Å². The average molecular weight is 350 g/mol. The zero-order valence-corrected chi connectivity index (χ0v) is 15.4. The molecule has 0 amide bonds. The third kappa shape index (κ3) is 3.06. The second kappa shape index (κ2) is 7.40. The average Bonchev–Trinajstić information content (AvgIpc) is 2.67. The van der Waals surface area contributed by atoms with E-state index in [1.807, 2.05) is 30.3 Å². The lowest BCUT2D eigenvalue weighted by Gasteiger charge is -2.18. The van der Waals surface area contributed by atoms with Crippen LogP contribution < -0.4 is 14.2 Å². The van der Waals surface area contributed by atoms with E-state index >= 15 is 0 Å². The molecule has 0 spiro atoms. The van der Waals surface area contributed by atoms with Crippen LogP contribution in [-0.2, 0) is 0 Å². The van der Waals surface area contributed by atoms with Crippen molar-refractivity contribution in [3.8, 4) is 17.2 Å². The highest BCUT2D eigenvalue weighted by molar-refractivity contribution is 5.91. The van der Waals surface area contributed by atoms with Crippen LogP contribution >= 0.6 is 0 Å². The number of methoxy groups -OCH3 is 3. The minimum absolute atomic E-state index is 0.200. The molecule has 3 rings (SSSR count). The van der Waals surface area contributed by atoms with Gasteiger partial charge in [0.2, 0.25) is 5.75 Å². The number of allylic oxidation sites excluding steroid dienone is 1. The molecule has 26 heavy (non-hydrogen) atoms. The largest absolute Gasteiger partial charge is 0.512 e. The van der Waals surface area contributed by atoms with E-state index in [9.17, 15) is 5.11 Å². The fraction of sp³-hybridized carbons (Fsp3) is 0.182. The molecular formula is C22H22O4. The lowest BCUT2D eigenvalue weighted by Crippen LogP contribution is -2.01. The molecule has 3 aromatic carbocycles. The molecule has 1 N–H and O–H groups in total. The van der Waals surface area contributed by atoms with E-state index in [0.29, 0.717) is 22.8 Å². The predicted octanol–water partition coefficient (Wildman–Crippen LogP) is 5.20. The SMILES string of the molecule is COc1ccc(/C(=C(/C)O)c2ccc3ccccc3c2)c(OC)c1OC. The molecule has 0 saturated carbocycles. The maximum Gasteiger partial charge on any atom is 0.203 e. The smallest absolute Gasteiger partial charge is 0.203 e. The Labute approximate surface area is 153 Å². The number of hydrogen-bond donors (Lipinski definition) is 1. The van der Waals surface area contributed by atoms with Gasteiger partial charge in [0.25, 0.3) is 0 Å². The molecule has 0 aliphatic rings. The molecule has 0 unspecified atom stereocenters. The normalized spacial score (nSPS) is 11.8. The van der Waals surface area contributed by atoms with Gasteiger partial charge in [-0.15, -0.1) is 0 Å². The summed E-state index contributed by atoms with van der Waals surface area (Å²) in [7, 11) is 4.72. The second-order valence-corrected chi connectivity index (χ2v) is 5.90. The van der Waals surface area contributed by atoms with Crippen molar-refractivity contribution >= 4 is 16.3 Å². The van der Waals surface area contributed by atoms with Gasteiger partial charge < -0.3 is 19.3 Å². The van der Waals surface area contributed by atoms with E-state index in [0.717, 1.165) is 21.9 Å². The molecule has 0 heterocycles. The third-order valence-electron chi connectivity index (χ3n) is 4.37. The van der Waals surface area contributed by atoms with E-state index in [2.05, 4.69) is 18.2 Å². The van der Waals surface area contributed by atoms with E-state index in [-0.39, 0.29) is 5.76 Å². The number of rotatable bonds is 5. The lowest BCUT2D eigenvalue weighted by atomic mass is 9.93. The van der Waals surface area contributed by atoms with Gasteiger partial charge in [-0.2, -0.15) is 0 Å². The fourth-order valence-corrected chi connectivity index (χ4v) is 3.20. The number of hydrogen-bond acceptors (Lipinski definition) is 4. The van der Waals surface area contributed by atoms with Gasteiger partial charge in [0.15, 0.2) is 11.5 Å². The van der Waals surface area contributed by atoms with Gasteiger partial charge in [-0.05, 0) is 41.5 Å². The minimum atomic E-state index is 0.200. The molecule has 0 aliphatic heterocycles. The summed E-state index contributed by atoms with van der Waals surface area (Å²) in [5, 5.41) is 12.7. The quantitative estimate of drug-likeness (QED) is 0.642. The first-order chi connectivity index (χ1) is 12.6. The lowest BCUT2D eigenvalue weighted by molar-refractivity contribution is 0.323. The Morgan fingerprint density at radius 1 is 0.769 bits per heavy atom. The van der Waals surface area contributed by atoms with Crippen LogP contribution in [0.25, 0.3) is 16.3 Å². The van der Waals surface area contributed by atoms with Gasteiger partial charge in [0.05, 0.1) is 27.1 Å². The van der Waals surface area contributed by atoms with E-state index < -0.39 is 0 Å². The Morgan fingerprint density at radius 3 is 2.08 bits per heavy atom. The van der Waals surface area contributed by atoms with Crippen LogP contribution in [0.3, 0.4) is 0 Å². The van der Waals surface area contributed by atoms with Crippen LogP contribution in [0.4, 0.5) is 0 Å². The van der Waals surface area contributed by atoms with Gasteiger partial charge in [0, 0.05) is 11.1 Å². The van der Waals surface area contributed by atoms with Crippen molar-refractivity contribution in [2.75, 3.05) is 21.3 Å². The Hall–Kier alpha value is -3.14. The van der Waals surface area contributed by atoms with Gasteiger partial charge in [0.1, 0.15) is 0 Å². The van der Waals surface area contributed by atoms with Gasteiger partial charge >= 0.3 is 0 Å². The summed E-state index contributed by atoms with van der Waals surface area (Å²) in [6.07, 6.45) is 0. The van der Waals surface area contributed by atoms with Crippen molar-refractivity contribution in [3.05, 3.63) is 71.5 Å². The number of fused-ring (bicyclic) bond motifs is 1. The number of aliphatic hydroxyl groups excluding tert-OH is 1. The molecule has 0 bridgehead atoms. The summed E-state index contributed by atoms with van der Waals surface area (Å²) in [5.41, 5.74) is 2.32. The molecule has 0 saturated heterocycles. The van der Waals surface area contributed by atoms with Gasteiger partial charge in [-0.1, -0.05) is 36.4 Å². The summed E-state index contributed by atoms with van der Waals surface area (Å²) in [5.74, 6) is 1.78. The molecule has 0 aromatic heterocycles. The van der Waals surface area contributed by atoms with Crippen molar-refractivity contribution in [1.82, 2.24) is 0 Å². The summed E-state index contributed by atoms with van der Waals surface area (Å²) >= 11 is 0. The molecule has 134 valence electrons. The summed E-state index contributed by atoms with van der Waals surface area (Å²) in [6.45, 7) is 1.67. The maximum atomic E-state index is 10.5. The summed E-state index contributed by atoms with van der Waals surface area (Å²) in [4.78, 5) is 0. The van der Waals surface area contributed by atoms with Crippen LogP contribution in [0.1, 0.15) is 18.1 Å². The summed E-state index contributed by atoms with van der Waals surface area (Å²) in [6, 6.07) is 17.9. The zero-order valence-electron chi connectivity index (χ0n) is 15.4. The second-order valence-electron chi connectivity index (χ2n) is 5.90. The highest BCUT2D eigenvalue weighted by Crippen LogP contribution is 2.44. The van der Waals surface area contributed by atoms with Gasteiger partial charge in [-0.3, -0.25) is 0 Å². The van der Waals surface area contributed by atoms with Crippen LogP contribution in [0.15, 0.2) is 60.4 Å². The molecule has 0 fully saturated rings. The monoisotopic (exact) mass is 350 g/mol. The Morgan fingerprint density at radius 2 is 1.46 bits per heavy atom. The van der Waals surface area contributed by atoms with Crippen LogP contribution in [0, 0.1) is 0 Å². The van der Waals surface area contributed by atoms with Crippen LogP contribution in [0.5, 0.6) is 17.2 Å². The molecule has 3 aromatic rings. The highest BCUT2D eigenvalue weighted by atomic mass is 16.5. The topological polar surface area (TPSA) is 47.9 Å². The van der Waals surface area contributed by atoms with Crippen molar-refractivity contribution in [3.63, 3.8) is 0 Å².